The highest BCUT2D eigenvalue weighted by Crippen LogP contribution is 1.89. The lowest BCUT2D eigenvalue weighted by atomic mass is 10.3. The smallest absolute Gasteiger partial charge is 0.307 e. The van der Waals surface area contributed by atoms with Crippen molar-refractivity contribution < 1.29 is 14.3 Å². The van der Waals surface area contributed by atoms with Gasteiger partial charge in [-0.2, -0.15) is 0 Å². The molecule has 0 aromatic heterocycles. The van der Waals surface area contributed by atoms with Gasteiger partial charge in [-0.15, -0.1) is 11.6 Å². The van der Waals surface area contributed by atoms with Crippen molar-refractivity contribution in [1.82, 2.24) is 5.32 Å². The van der Waals surface area contributed by atoms with Crippen molar-refractivity contribution in [2.24, 2.45) is 0 Å². The molecule has 0 radical (unpaired) electrons. The standard InChI is InChI=1S/C9H14ClNO3/c1-7(2)9(13)11-5-3-8(12)14-6-4-10/h1,3-6H2,2H3,(H,11,13). The number of halogens is 1. The average Bonchev–Trinajstić information content (AvgIpc) is 2.14. The van der Waals surface area contributed by atoms with E-state index < -0.39 is 0 Å². The molecule has 0 aliphatic rings. The van der Waals surface area contributed by atoms with Crippen LogP contribution < -0.4 is 5.32 Å². The fourth-order valence-electron chi connectivity index (χ4n) is 0.654. The largest absolute Gasteiger partial charge is 0.464 e. The molecule has 0 unspecified atom stereocenters. The van der Waals surface area contributed by atoms with Crippen molar-refractivity contribution in [3.63, 3.8) is 0 Å². The van der Waals surface area contributed by atoms with E-state index in [0.717, 1.165) is 0 Å². The first-order valence-corrected chi connectivity index (χ1v) is 4.76. The molecule has 0 saturated carbocycles. The van der Waals surface area contributed by atoms with E-state index in [4.69, 9.17) is 11.6 Å². The third-order valence-corrected chi connectivity index (χ3v) is 1.50. The zero-order valence-electron chi connectivity index (χ0n) is 8.14. The van der Waals surface area contributed by atoms with Crippen LogP contribution in [0.4, 0.5) is 0 Å². The van der Waals surface area contributed by atoms with Gasteiger partial charge in [0.05, 0.1) is 12.3 Å². The van der Waals surface area contributed by atoms with Gasteiger partial charge >= 0.3 is 5.97 Å². The van der Waals surface area contributed by atoms with E-state index in [1.165, 1.54) is 0 Å². The van der Waals surface area contributed by atoms with Gasteiger partial charge in [-0.3, -0.25) is 9.59 Å². The summed E-state index contributed by atoms with van der Waals surface area (Å²) < 4.78 is 4.69. The van der Waals surface area contributed by atoms with Gasteiger partial charge in [0.1, 0.15) is 6.61 Å². The molecule has 0 saturated heterocycles. The number of nitrogens with one attached hydrogen (secondary N) is 1. The Balaban J connectivity index is 3.49. The van der Waals surface area contributed by atoms with Crippen molar-refractivity contribution in [3.05, 3.63) is 12.2 Å². The molecule has 1 N–H and O–H groups in total. The third-order valence-electron chi connectivity index (χ3n) is 1.34. The number of esters is 1. The van der Waals surface area contributed by atoms with Crippen LogP contribution >= 0.6 is 11.6 Å². The summed E-state index contributed by atoms with van der Waals surface area (Å²) >= 11 is 5.31. The molecule has 80 valence electrons. The molecular weight excluding hydrogens is 206 g/mol. The highest BCUT2D eigenvalue weighted by atomic mass is 35.5. The molecule has 4 nitrogen and oxygen atoms in total. The van der Waals surface area contributed by atoms with Crippen LogP contribution in [0.1, 0.15) is 13.3 Å². The molecule has 0 bridgehead atoms. The number of ether oxygens (including phenoxy) is 1. The molecule has 0 spiro atoms. The van der Waals surface area contributed by atoms with Gasteiger partial charge in [0.2, 0.25) is 5.91 Å². The van der Waals surface area contributed by atoms with Crippen LogP contribution in [-0.4, -0.2) is 30.9 Å². The lowest BCUT2D eigenvalue weighted by Crippen LogP contribution is -2.26. The first-order valence-electron chi connectivity index (χ1n) is 4.23. The molecule has 0 aliphatic carbocycles. The Bertz CT molecular complexity index is 228. The van der Waals surface area contributed by atoms with Crippen LogP contribution in [0.15, 0.2) is 12.2 Å². The van der Waals surface area contributed by atoms with Gasteiger partial charge in [-0.1, -0.05) is 6.58 Å². The Morgan fingerprint density at radius 3 is 2.64 bits per heavy atom. The number of rotatable bonds is 6. The first kappa shape index (κ1) is 13.0. The van der Waals surface area contributed by atoms with Gasteiger partial charge in [0.25, 0.3) is 0 Å². The first-order chi connectivity index (χ1) is 6.57. The van der Waals surface area contributed by atoms with E-state index in [9.17, 15) is 9.59 Å². The number of carbonyl (C=O) groups is 2. The predicted octanol–water partition coefficient (Wildman–Crippen LogP) is 0.851. The summed E-state index contributed by atoms with van der Waals surface area (Å²) in [6.45, 7) is 5.52. The van der Waals surface area contributed by atoms with E-state index in [0.29, 0.717) is 5.57 Å². The topological polar surface area (TPSA) is 55.4 Å². The lowest BCUT2D eigenvalue weighted by Gasteiger charge is -2.04. The summed E-state index contributed by atoms with van der Waals surface area (Å²) in [5.41, 5.74) is 0.416. The number of amides is 1. The van der Waals surface area contributed by atoms with Crippen LogP contribution in [-0.2, 0) is 14.3 Å². The molecule has 0 aromatic rings. The van der Waals surface area contributed by atoms with Crippen LogP contribution in [0.2, 0.25) is 0 Å². The molecule has 0 aliphatic heterocycles. The Labute approximate surface area is 88.3 Å². The summed E-state index contributed by atoms with van der Waals surface area (Å²) in [5.74, 6) is -0.341. The highest BCUT2D eigenvalue weighted by molar-refractivity contribution is 6.18. The van der Waals surface area contributed by atoms with Gasteiger partial charge in [-0.05, 0) is 6.92 Å². The highest BCUT2D eigenvalue weighted by Gasteiger charge is 2.04. The minimum atomic E-state index is -0.368. The molecule has 0 heterocycles. The van der Waals surface area contributed by atoms with Crippen molar-refractivity contribution in [2.45, 2.75) is 13.3 Å². The molecule has 0 fully saturated rings. The maximum Gasteiger partial charge on any atom is 0.307 e. The van der Waals surface area contributed by atoms with E-state index in [-0.39, 0.29) is 37.3 Å². The van der Waals surface area contributed by atoms with Crippen LogP contribution in [0.25, 0.3) is 0 Å². The van der Waals surface area contributed by atoms with E-state index in [1.807, 2.05) is 0 Å². The Morgan fingerprint density at radius 2 is 2.14 bits per heavy atom. The van der Waals surface area contributed by atoms with E-state index in [1.54, 1.807) is 6.92 Å². The van der Waals surface area contributed by atoms with Gasteiger partial charge in [0.15, 0.2) is 0 Å². The van der Waals surface area contributed by atoms with Crippen LogP contribution in [0.5, 0.6) is 0 Å². The molecule has 14 heavy (non-hydrogen) atoms. The second-order valence-electron chi connectivity index (χ2n) is 2.70. The van der Waals surface area contributed by atoms with Crippen molar-refractivity contribution in [1.29, 1.82) is 0 Å². The quantitative estimate of drug-likeness (QED) is 0.409. The zero-order chi connectivity index (χ0) is 11.0. The Kier molecular flexibility index (Phi) is 6.84. The van der Waals surface area contributed by atoms with Crippen molar-refractivity contribution in [3.8, 4) is 0 Å². The fourth-order valence-corrected chi connectivity index (χ4v) is 0.731. The molecule has 1 amide bonds. The van der Waals surface area contributed by atoms with Gasteiger partial charge in [0, 0.05) is 12.1 Å². The number of hydrogen-bond donors (Lipinski definition) is 1. The Hall–Kier alpha value is -1.03. The van der Waals surface area contributed by atoms with Crippen molar-refractivity contribution >= 4 is 23.5 Å². The second-order valence-corrected chi connectivity index (χ2v) is 3.07. The Morgan fingerprint density at radius 1 is 1.50 bits per heavy atom. The third kappa shape index (κ3) is 6.48. The summed E-state index contributed by atoms with van der Waals surface area (Å²) in [6, 6.07) is 0. The van der Waals surface area contributed by atoms with Crippen molar-refractivity contribution in [2.75, 3.05) is 19.0 Å². The van der Waals surface area contributed by atoms with Gasteiger partial charge in [-0.25, -0.2) is 0 Å². The van der Waals surface area contributed by atoms with E-state index in [2.05, 4.69) is 16.6 Å². The maximum atomic E-state index is 11.0. The SMILES string of the molecule is C=C(C)C(=O)NCCC(=O)OCCCl. The number of hydrogen-bond acceptors (Lipinski definition) is 3. The summed E-state index contributed by atoms with van der Waals surface area (Å²) in [4.78, 5) is 21.9. The second kappa shape index (κ2) is 7.38. The lowest BCUT2D eigenvalue weighted by molar-refractivity contribution is -0.142. The minimum Gasteiger partial charge on any atom is -0.464 e. The maximum absolute atomic E-state index is 11.0. The number of carbonyl (C=O) groups excluding carboxylic acids is 2. The zero-order valence-corrected chi connectivity index (χ0v) is 8.89. The summed E-state index contributed by atoms with van der Waals surface area (Å²) in [7, 11) is 0. The van der Waals surface area contributed by atoms with Crippen LogP contribution in [0.3, 0.4) is 0 Å². The molecule has 0 atom stereocenters. The molecule has 0 aromatic carbocycles. The predicted molar refractivity (Wildman–Crippen MR) is 54.1 cm³/mol. The number of alkyl halides is 1. The summed E-state index contributed by atoms with van der Waals surface area (Å²) in [5, 5.41) is 2.52. The van der Waals surface area contributed by atoms with Crippen LogP contribution in [0, 0.1) is 0 Å². The fraction of sp³-hybridized carbons (Fsp3) is 0.556. The molecular formula is C9H14ClNO3. The monoisotopic (exact) mass is 219 g/mol. The molecule has 5 heteroatoms. The minimum absolute atomic E-state index is 0.149. The average molecular weight is 220 g/mol. The normalized spacial score (nSPS) is 9.29. The van der Waals surface area contributed by atoms with Gasteiger partial charge < -0.3 is 10.1 Å². The van der Waals surface area contributed by atoms with E-state index >= 15 is 0 Å². The summed E-state index contributed by atoms with van der Waals surface area (Å²) in [6.07, 6.45) is 0.149. The molecule has 0 rings (SSSR count).